The van der Waals surface area contributed by atoms with Crippen LogP contribution in [0.25, 0.3) is 0 Å². The van der Waals surface area contributed by atoms with E-state index in [0.29, 0.717) is 13.0 Å². The summed E-state index contributed by atoms with van der Waals surface area (Å²) in [5.41, 5.74) is 0.334. The summed E-state index contributed by atoms with van der Waals surface area (Å²) in [7, 11) is 0. The van der Waals surface area contributed by atoms with Crippen LogP contribution in [0.1, 0.15) is 52.0 Å². The molecule has 0 fully saturated rings. The van der Waals surface area contributed by atoms with E-state index in [1.165, 1.54) is 0 Å². The van der Waals surface area contributed by atoms with E-state index < -0.39 is 23.7 Å². The average Bonchev–Trinajstić information content (AvgIpc) is 2.56. The topological polar surface area (TPSA) is 105 Å². The Balaban J connectivity index is 2.21. The Bertz CT molecular complexity index is 611. The van der Waals surface area contributed by atoms with Gasteiger partial charge in [0.05, 0.1) is 0 Å². The maximum atomic E-state index is 12.0. The Kier molecular flexibility index (Phi) is 9.33. The molecule has 2 amide bonds. The minimum Gasteiger partial charge on any atom is -0.480 e. The van der Waals surface area contributed by atoms with Crippen molar-refractivity contribution in [3.05, 3.63) is 35.9 Å². The molecule has 0 radical (unpaired) electrons. The second kappa shape index (κ2) is 11.2. The van der Waals surface area contributed by atoms with Crippen LogP contribution < -0.4 is 10.6 Å². The molecule has 150 valence electrons. The smallest absolute Gasteiger partial charge is 0.407 e. The second-order valence-electron chi connectivity index (χ2n) is 7.39. The molecule has 0 unspecified atom stereocenters. The Morgan fingerprint density at radius 1 is 1.07 bits per heavy atom. The Morgan fingerprint density at radius 3 is 2.33 bits per heavy atom. The monoisotopic (exact) mass is 378 g/mol. The number of ether oxygens (including phenoxy) is 1. The molecule has 0 saturated heterocycles. The lowest BCUT2D eigenvalue weighted by molar-refractivity contribution is -0.141. The number of alkyl carbamates (subject to hydrolysis) is 1. The van der Waals surface area contributed by atoms with E-state index in [0.717, 1.165) is 18.4 Å². The van der Waals surface area contributed by atoms with Crippen molar-refractivity contribution in [2.75, 3.05) is 6.54 Å². The van der Waals surface area contributed by atoms with Gasteiger partial charge in [0.2, 0.25) is 5.91 Å². The number of carboxylic acid groups (broad SMARTS) is 1. The predicted molar refractivity (Wildman–Crippen MR) is 102 cm³/mol. The van der Waals surface area contributed by atoms with Crippen molar-refractivity contribution >= 4 is 18.0 Å². The predicted octanol–water partition coefficient (Wildman–Crippen LogP) is 2.88. The molecule has 0 bridgehead atoms. The molecule has 0 aliphatic rings. The SMILES string of the molecule is CC(C)(C)OC(=O)NCCCCCC(=O)N[C@@H](Cc1ccccc1)C(=O)O. The summed E-state index contributed by atoms with van der Waals surface area (Å²) in [4.78, 5) is 34.8. The van der Waals surface area contributed by atoms with E-state index in [1.807, 2.05) is 30.3 Å². The van der Waals surface area contributed by atoms with Crippen LogP contribution in [-0.2, 0) is 20.7 Å². The number of aliphatic carboxylic acids is 1. The van der Waals surface area contributed by atoms with Gasteiger partial charge in [-0.3, -0.25) is 4.79 Å². The molecule has 0 aliphatic carbocycles. The highest BCUT2D eigenvalue weighted by atomic mass is 16.6. The molecule has 0 saturated carbocycles. The van der Waals surface area contributed by atoms with Crippen LogP contribution in [0, 0.1) is 0 Å². The summed E-state index contributed by atoms with van der Waals surface area (Å²) in [6.07, 6.45) is 2.15. The summed E-state index contributed by atoms with van der Waals surface area (Å²) >= 11 is 0. The number of nitrogens with one attached hydrogen (secondary N) is 2. The van der Waals surface area contributed by atoms with Crippen LogP contribution in [0.3, 0.4) is 0 Å². The van der Waals surface area contributed by atoms with Crippen LogP contribution >= 0.6 is 0 Å². The first-order valence-electron chi connectivity index (χ1n) is 9.20. The molecule has 0 aromatic heterocycles. The third kappa shape index (κ3) is 10.9. The lowest BCUT2D eigenvalue weighted by Gasteiger charge is -2.19. The number of benzene rings is 1. The number of carboxylic acids is 1. The van der Waals surface area contributed by atoms with Gasteiger partial charge in [0.25, 0.3) is 0 Å². The standard InChI is InChI=1S/C20H30N2O5/c1-20(2,3)27-19(26)21-13-9-5-8-12-17(23)22-16(18(24)25)14-15-10-6-4-7-11-15/h4,6-7,10-11,16H,5,8-9,12-14H2,1-3H3,(H,21,26)(H,22,23)(H,24,25)/t16-/m0/s1. The van der Waals surface area contributed by atoms with Crippen molar-refractivity contribution in [1.29, 1.82) is 0 Å². The fourth-order valence-electron chi connectivity index (χ4n) is 2.41. The fourth-order valence-corrected chi connectivity index (χ4v) is 2.41. The van der Waals surface area contributed by atoms with Crippen LogP contribution in [0.2, 0.25) is 0 Å². The number of hydrogen-bond donors (Lipinski definition) is 3. The molecule has 27 heavy (non-hydrogen) atoms. The number of hydrogen-bond acceptors (Lipinski definition) is 4. The minimum absolute atomic E-state index is 0.252. The number of unbranched alkanes of at least 4 members (excludes halogenated alkanes) is 2. The van der Waals surface area contributed by atoms with Crippen molar-refractivity contribution < 1.29 is 24.2 Å². The van der Waals surface area contributed by atoms with Gasteiger partial charge in [-0.1, -0.05) is 36.8 Å². The zero-order chi connectivity index (χ0) is 20.3. The highest BCUT2D eigenvalue weighted by molar-refractivity contribution is 5.83. The van der Waals surface area contributed by atoms with E-state index in [1.54, 1.807) is 20.8 Å². The van der Waals surface area contributed by atoms with Crippen molar-refractivity contribution in [2.45, 2.75) is 64.5 Å². The summed E-state index contributed by atoms with van der Waals surface area (Å²) in [6, 6.07) is 8.26. The van der Waals surface area contributed by atoms with Gasteiger partial charge >= 0.3 is 12.1 Å². The zero-order valence-electron chi connectivity index (χ0n) is 16.3. The molecule has 1 atom stereocenters. The third-order valence-electron chi connectivity index (χ3n) is 3.66. The number of rotatable bonds is 10. The molecule has 1 aromatic carbocycles. The van der Waals surface area contributed by atoms with Crippen LogP contribution in [-0.4, -0.2) is 41.3 Å². The average molecular weight is 378 g/mol. The largest absolute Gasteiger partial charge is 0.480 e. The van der Waals surface area contributed by atoms with Crippen LogP contribution in [0.4, 0.5) is 4.79 Å². The molecule has 7 nitrogen and oxygen atoms in total. The molecular weight excluding hydrogens is 348 g/mol. The molecule has 3 N–H and O–H groups in total. The van der Waals surface area contributed by atoms with E-state index in [2.05, 4.69) is 10.6 Å². The van der Waals surface area contributed by atoms with Gasteiger partial charge in [-0.15, -0.1) is 0 Å². The van der Waals surface area contributed by atoms with Gasteiger partial charge in [-0.2, -0.15) is 0 Å². The maximum Gasteiger partial charge on any atom is 0.407 e. The first-order valence-corrected chi connectivity index (χ1v) is 9.20. The van der Waals surface area contributed by atoms with Crippen LogP contribution in [0.15, 0.2) is 30.3 Å². The van der Waals surface area contributed by atoms with Crippen LogP contribution in [0.5, 0.6) is 0 Å². The lowest BCUT2D eigenvalue weighted by Crippen LogP contribution is -2.42. The maximum absolute atomic E-state index is 12.0. The highest BCUT2D eigenvalue weighted by Gasteiger charge is 2.20. The van der Waals surface area contributed by atoms with Gasteiger partial charge in [0, 0.05) is 19.4 Å². The van der Waals surface area contributed by atoms with Crippen molar-refractivity contribution in [1.82, 2.24) is 10.6 Å². The minimum atomic E-state index is -1.05. The quantitative estimate of drug-likeness (QED) is 0.543. The Morgan fingerprint density at radius 2 is 1.74 bits per heavy atom. The lowest BCUT2D eigenvalue weighted by atomic mass is 10.1. The first kappa shape index (κ1) is 22.5. The summed E-state index contributed by atoms with van der Waals surface area (Å²) in [5, 5.41) is 14.5. The van der Waals surface area contributed by atoms with Gasteiger partial charge in [-0.05, 0) is 39.2 Å². The third-order valence-corrected chi connectivity index (χ3v) is 3.66. The van der Waals surface area contributed by atoms with Gasteiger partial charge < -0.3 is 20.5 Å². The summed E-state index contributed by atoms with van der Waals surface area (Å²) < 4.78 is 5.13. The fraction of sp³-hybridized carbons (Fsp3) is 0.550. The van der Waals surface area contributed by atoms with Crippen molar-refractivity contribution in [3.63, 3.8) is 0 Å². The van der Waals surface area contributed by atoms with Gasteiger partial charge in [0.15, 0.2) is 0 Å². The summed E-state index contributed by atoms with van der Waals surface area (Å²) in [6.45, 7) is 5.87. The molecule has 7 heteroatoms. The number of carbonyl (C=O) groups is 3. The van der Waals surface area contributed by atoms with Crippen molar-refractivity contribution in [2.24, 2.45) is 0 Å². The number of amides is 2. The first-order chi connectivity index (χ1) is 12.7. The second-order valence-corrected chi connectivity index (χ2v) is 7.39. The van der Waals surface area contributed by atoms with Crippen molar-refractivity contribution in [3.8, 4) is 0 Å². The van der Waals surface area contributed by atoms with E-state index in [9.17, 15) is 19.5 Å². The van der Waals surface area contributed by atoms with E-state index in [4.69, 9.17) is 4.74 Å². The molecular formula is C20H30N2O5. The zero-order valence-corrected chi connectivity index (χ0v) is 16.3. The van der Waals surface area contributed by atoms with Gasteiger partial charge in [-0.25, -0.2) is 9.59 Å². The Labute approximate surface area is 160 Å². The molecule has 0 aliphatic heterocycles. The van der Waals surface area contributed by atoms with E-state index in [-0.39, 0.29) is 18.7 Å². The normalized spacial score (nSPS) is 12.1. The summed E-state index contributed by atoms with van der Waals surface area (Å²) in [5.74, 6) is -1.33. The molecule has 1 rings (SSSR count). The molecule has 1 aromatic rings. The Hall–Kier alpha value is -2.57. The number of carbonyl (C=O) groups excluding carboxylic acids is 2. The molecule has 0 heterocycles. The highest BCUT2D eigenvalue weighted by Crippen LogP contribution is 2.07. The van der Waals surface area contributed by atoms with Gasteiger partial charge in [0.1, 0.15) is 11.6 Å². The van der Waals surface area contributed by atoms with E-state index >= 15 is 0 Å². The molecule has 0 spiro atoms.